The highest BCUT2D eigenvalue weighted by Crippen LogP contribution is 2.22. The molecular weight excluding hydrogens is 273 g/mol. The third-order valence-corrected chi connectivity index (χ3v) is 3.46. The molecule has 0 bridgehead atoms. The van der Waals surface area contributed by atoms with E-state index in [1.807, 2.05) is 0 Å². The number of hydrogen-bond donors (Lipinski definition) is 4. The summed E-state index contributed by atoms with van der Waals surface area (Å²) in [5.74, 6) is -0.537. The number of aliphatic hydroxyl groups is 1. The number of aliphatic hydroxyl groups excluding tert-OH is 1. The Kier molecular flexibility index (Phi) is 6.11. The molecular formula is C15H24FN3O2. The predicted octanol–water partition coefficient (Wildman–Crippen LogP) is 1.81. The van der Waals surface area contributed by atoms with Crippen LogP contribution in [0.4, 0.5) is 4.39 Å². The van der Waals surface area contributed by atoms with Crippen LogP contribution in [0, 0.1) is 11.2 Å². The van der Waals surface area contributed by atoms with Crippen LogP contribution in [0.1, 0.15) is 38.3 Å². The lowest BCUT2D eigenvalue weighted by Gasteiger charge is -2.31. The molecule has 118 valence electrons. The predicted molar refractivity (Wildman–Crippen MR) is 80.7 cm³/mol. The third kappa shape index (κ3) is 4.99. The van der Waals surface area contributed by atoms with Crippen molar-refractivity contribution in [2.24, 2.45) is 16.3 Å². The third-order valence-electron chi connectivity index (χ3n) is 3.46. The van der Waals surface area contributed by atoms with Gasteiger partial charge in [-0.2, -0.15) is 0 Å². The zero-order valence-corrected chi connectivity index (χ0v) is 12.7. The fraction of sp³-hybridized carbons (Fsp3) is 0.533. The molecule has 1 aromatic rings. The number of rotatable bonds is 6. The molecule has 0 saturated carbocycles. The summed E-state index contributed by atoms with van der Waals surface area (Å²) >= 11 is 0. The molecule has 0 amide bonds. The Morgan fingerprint density at radius 3 is 2.57 bits per heavy atom. The number of benzene rings is 1. The van der Waals surface area contributed by atoms with Crippen molar-refractivity contribution < 1.29 is 14.7 Å². The SMILES string of the molecule is CC(C)(C)C(CCO)NCc1ccc(/C(N)=N/O)cc1F. The van der Waals surface area contributed by atoms with Gasteiger partial charge in [0.25, 0.3) is 0 Å². The lowest BCUT2D eigenvalue weighted by atomic mass is 9.85. The molecule has 0 spiro atoms. The van der Waals surface area contributed by atoms with E-state index in [-0.39, 0.29) is 23.9 Å². The highest BCUT2D eigenvalue weighted by Gasteiger charge is 2.23. The highest BCUT2D eigenvalue weighted by molar-refractivity contribution is 5.97. The Morgan fingerprint density at radius 1 is 1.43 bits per heavy atom. The Balaban J connectivity index is 2.79. The standard InChI is InChI=1S/C15H24FN3O2/c1-15(2,3)13(6-7-20)18-9-11-5-4-10(8-12(11)16)14(17)19-21/h4-5,8,13,18,20-21H,6-7,9H2,1-3H3,(H2,17,19). The molecule has 1 rings (SSSR count). The number of oxime groups is 1. The number of amidine groups is 1. The van der Waals surface area contributed by atoms with Crippen LogP contribution in [-0.2, 0) is 6.54 Å². The number of nitrogens with two attached hydrogens (primary N) is 1. The van der Waals surface area contributed by atoms with Gasteiger partial charge in [-0.3, -0.25) is 0 Å². The van der Waals surface area contributed by atoms with E-state index in [0.717, 1.165) is 0 Å². The van der Waals surface area contributed by atoms with Gasteiger partial charge in [-0.25, -0.2) is 4.39 Å². The normalized spacial score (nSPS) is 14.2. The lowest BCUT2D eigenvalue weighted by molar-refractivity contribution is 0.196. The van der Waals surface area contributed by atoms with Crippen molar-refractivity contribution in [2.75, 3.05) is 6.61 Å². The van der Waals surface area contributed by atoms with E-state index in [1.165, 1.54) is 6.07 Å². The lowest BCUT2D eigenvalue weighted by Crippen LogP contribution is -2.40. The van der Waals surface area contributed by atoms with Gasteiger partial charge >= 0.3 is 0 Å². The highest BCUT2D eigenvalue weighted by atomic mass is 19.1. The summed E-state index contributed by atoms with van der Waals surface area (Å²) in [5.41, 5.74) is 6.22. The van der Waals surface area contributed by atoms with Crippen LogP contribution in [0.15, 0.2) is 23.4 Å². The Bertz CT molecular complexity index is 498. The molecule has 1 aromatic carbocycles. The molecule has 5 N–H and O–H groups in total. The maximum Gasteiger partial charge on any atom is 0.170 e. The minimum Gasteiger partial charge on any atom is -0.409 e. The molecule has 0 fully saturated rings. The van der Waals surface area contributed by atoms with Gasteiger partial charge in [-0.1, -0.05) is 38.1 Å². The van der Waals surface area contributed by atoms with Gasteiger partial charge in [-0.15, -0.1) is 0 Å². The van der Waals surface area contributed by atoms with E-state index in [0.29, 0.717) is 24.1 Å². The quantitative estimate of drug-likeness (QED) is 0.279. The molecule has 0 aliphatic carbocycles. The van der Waals surface area contributed by atoms with Crippen LogP contribution >= 0.6 is 0 Å². The molecule has 0 heterocycles. The summed E-state index contributed by atoms with van der Waals surface area (Å²) < 4.78 is 14.0. The molecule has 5 nitrogen and oxygen atoms in total. The van der Waals surface area contributed by atoms with E-state index in [9.17, 15) is 4.39 Å². The Hall–Kier alpha value is -1.66. The van der Waals surface area contributed by atoms with Crippen molar-refractivity contribution in [1.29, 1.82) is 0 Å². The summed E-state index contributed by atoms with van der Waals surface area (Å²) in [6.45, 7) is 6.64. The first-order valence-corrected chi connectivity index (χ1v) is 6.90. The smallest absolute Gasteiger partial charge is 0.170 e. The average molecular weight is 297 g/mol. The van der Waals surface area contributed by atoms with Gasteiger partial charge in [0.1, 0.15) is 5.82 Å². The summed E-state index contributed by atoms with van der Waals surface area (Å²) in [4.78, 5) is 0. The van der Waals surface area contributed by atoms with E-state index in [1.54, 1.807) is 12.1 Å². The van der Waals surface area contributed by atoms with Gasteiger partial charge in [0.2, 0.25) is 0 Å². The number of nitrogens with zero attached hydrogens (tertiary/aromatic N) is 1. The van der Waals surface area contributed by atoms with E-state index in [2.05, 4.69) is 31.2 Å². The molecule has 6 heteroatoms. The van der Waals surface area contributed by atoms with Crippen molar-refractivity contribution >= 4 is 5.84 Å². The fourth-order valence-electron chi connectivity index (χ4n) is 2.11. The number of halogens is 1. The van der Waals surface area contributed by atoms with Crippen molar-refractivity contribution in [3.8, 4) is 0 Å². The molecule has 1 unspecified atom stereocenters. The van der Waals surface area contributed by atoms with Crippen LogP contribution < -0.4 is 11.1 Å². The second kappa shape index (κ2) is 7.38. The van der Waals surface area contributed by atoms with Gasteiger partial charge in [0, 0.05) is 30.3 Å². The van der Waals surface area contributed by atoms with Crippen molar-refractivity contribution in [1.82, 2.24) is 5.32 Å². The van der Waals surface area contributed by atoms with Gasteiger partial charge in [0.05, 0.1) is 0 Å². The minimum absolute atomic E-state index is 0.0346. The van der Waals surface area contributed by atoms with Gasteiger partial charge in [0.15, 0.2) is 5.84 Å². The number of hydrogen-bond acceptors (Lipinski definition) is 4. The van der Waals surface area contributed by atoms with E-state index in [4.69, 9.17) is 16.0 Å². The van der Waals surface area contributed by atoms with Crippen LogP contribution in [0.3, 0.4) is 0 Å². The molecule has 21 heavy (non-hydrogen) atoms. The molecule has 0 aromatic heterocycles. The molecule has 0 aliphatic heterocycles. The van der Waals surface area contributed by atoms with Crippen molar-refractivity contribution in [3.05, 3.63) is 35.1 Å². The Labute approximate surface area is 124 Å². The van der Waals surface area contributed by atoms with E-state index >= 15 is 0 Å². The zero-order valence-electron chi connectivity index (χ0n) is 12.7. The first-order valence-electron chi connectivity index (χ1n) is 6.90. The molecule has 0 saturated heterocycles. The maximum absolute atomic E-state index is 14.0. The van der Waals surface area contributed by atoms with Gasteiger partial charge in [-0.05, 0) is 17.9 Å². The topological polar surface area (TPSA) is 90.9 Å². The van der Waals surface area contributed by atoms with Crippen LogP contribution in [0.2, 0.25) is 0 Å². The van der Waals surface area contributed by atoms with Crippen molar-refractivity contribution in [3.63, 3.8) is 0 Å². The second-order valence-electron chi connectivity index (χ2n) is 6.10. The maximum atomic E-state index is 14.0. The number of nitrogens with one attached hydrogen (secondary N) is 1. The summed E-state index contributed by atoms with van der Waals surface area (Å²) in [5, 5.41) is 23.8. The zero-order chi connectivity index (χ0) is 16.0. The average Bonchev–Trinajstić information content (AvgIpc) is 2.42. The molecule has 0 aliphatic rings. The second-order valence-corrected chi connectivity index (χ2v) is 6.10. The summed E-state index contributed by atoms with van der Waals surface area (Å²) in [6, 6.07) is 4.52. The summed E-state index contributed by atoms with van der Waals surface area (Å²) in [6.07, 6.45) is 0.604. The first kappa shape index (κ1) is 17.4. The van der Waals surface area contributed by atoms with Crippen LogP contribution in [0.5, 0.6) is 0 Å². The summed E-state index contributed by atoms with van der Waals surface area (Å²) in [7, 11) is 0. The molecule has 1 atom stereocenters. The van der Waals surface area contributed by atoms with Crippen LogP contribution in [-0.4, -0.2) is 28.8 Å². The van der Waals surface area contributed by atoms with E-state index < -0.39 is 5.82 Å². The fourth-order valence-corrected chi connectivity index (χ4v) is 2.11. The first-order chi connectivity index (χ1) is 9.79. The van der Waals surface area contributed by atoms with Crippen molar-refractivity contribution in [2.45, 2.75) is 39.8 Å². The van der Waals surface area contributed by atoms with Crippen LogP contribution in [0.25, 0.3) is 0 Å². The molecule has 0 radical (unpaired) electrons. The Morgan fingerprint density at radius 2 is 2.10 bits per heavy atom. The monoisotopic (exact) mass is 297 g/mol. The minimum atomic E-state index is -0.414. The van der Waals surface area contributed by atoms with Gasteiger partial charge < -0.3 is 21.4 Å². The largest absolute Gasteiger partial charge is 0.409 e.